The van der Waals surface area contributed by atoms with E-state index in [1.165, 1.54) is 13.0 Å². The van der Waals surface area contributed by atoms with E-state index in [1.54, 1.807) is 35.4 Å². The number of fused-ring (bicyclic) bond motifs is 2. The van der Waals surface area contributed by atoms with E-state index in [4.69, 9.17) is 14.2 Å². The molecule has 1 amide bonds. The highest BCUT2D eigenvalue weighted by Gasteiger charge is 2.32. The van der Waals surface area contributed by atoms with Crippen LogP contribution < -0.4 is 14.8 Å². The molecule has 0 spiro atoms. The van der Waals surface area contributed by atoms with Crippen molar-refractivity contribution in [1.29, 1.82) is 0 Å². The third-order valence-electron chi connectivity index (χ3n) is 4.37. The van der Waals surface area contributed by atoms with Crippen molar-refractivity contribution in [3.05, 3.63) is 42.1 Å². The van der Waals surface area contributed by atoms with Crippen LogP contribution in [0.15, 0.2) is 46.5 Å². The lowest BCUT2D eigenvalue weighted by Gasteiger charge is -2.28. The summed E-state index contributed by atoms with van der Waals surface area (Å²) in [5.74, 6) is -0.469. The number of amides is 1. The molecule has 152 valence electrons. The Bertz CT molecular complexity index is 1070. The SMILES string of the molecule is C[C@@H](OC(=O)C1=CC=CN2CCS(=O)(=O)N=C12)C(=O)Nc1ccc2c(c1)OCO2. The van der Waals surface area contributed by atoms with Gasteiger partial charge in [0.15, 0.2) is 23.4 Å². The number of hydrogen-bond donors (Lipinski definition) is 1. The van der Waals surface area contributed by atoms with Gasteiger partial charge in [0.1, 0.15) is 5.57 Å². The lowest BCUT2D eigenvalue weighted by molar-refractivity contribution is -0.148. The van der Waals surface area contributed by atoms with Crippen molar-refractivity contribution in [3.8, 4) is 11.5 Å². The molecule has 0 radical (unpaired) electrons. The van der Waals surface area contributed by atoms with Crippen molar-refractivity contribution >= 4 is 33.4 Å². The van der Waals surface area contributed by atoms with Gasteiger partial charge < -0.3 is 24.4 Å². The van der Waals surface area contributed by atoms with Gasteiger partial charge in [-0.25, -0.2) is 13.2 Å². The van der Waals surface area contributed by atoms with Crippen LogP contribution in [-0.4, -0.2) is 56.2 Å². The third-order valence-corrected chi connectivity index (χ3v) is 5.52. The highest BCUT2D eigenvalue weighted by atomic mass is 32.2. The first-order valence-corrected chi connectivity index (χ1v) is 10.3. The van der Waals surface area contributed by atoms with Crippen LogP contribution >= 0.6 is 0 Å². The zero-order valence-electron chi connectivity index (χ0n) is 15.3. The smallest absolute Gasteiger partial charge is 0.342 e. The van der Waals surface area contributed by atoms with Crippen LogP contribution in [0.25, 0.3) is 0 Å². The molecule has 0 fully saturated rings. The second-order valence-electron chi connectivity index (χ2n) is 6.42. The summed E-state index contributed by atoms with van der Waals surface area (Å²) in [5.41, 5.74) is 0.425. The molecule has 11 heteroatoms. The molecule has 0 aromatic heterocycles. The molecule has 3 aliphatic rings. The predicted molar refractivity (Wildman–Crippen MR) is 102 cm³/mol. The van der Waals surface area contributed by atoms with Crippen molar-refractivity contribution in [3.63, 3.8) is 0 Å². The summed E-state index contributed by atoms with van der Waals surface area (Å²) in [5, 5.41) is 2.63. The van der Waals surface area contributed by atoms with Gasteiger partial charge in [-0.1, -0.05) is 0 Å². The number of sulfonamides is 1. The van der Waals surface area contributed by atoms with Crippen molar-refractivity contribution < 1.29 is 32.2 Å². The second kappa shape index (κ2) is 7.24. The number of benzene rings is 1. The molecule has 1 N–H and O–H groups in total. The maximum Gasteiger partial charge on any atom is 0.342 e. The van der Waals surface area contributed by atoms with E-state index in [1.807, 2.05) is 0 Å². The van der Waals surface area contributed by atoms with Gasteiger partial charge >= 0.3 is 5.97 Å². The molecule has 4 rings (SSSR count). The number of allylic oxidation sites excluding steroid dienone is 2. The summed E-state index contributed by atoms with van der Waals surface area (Å²) in [7, 11) is -3.65. The number of carbonyl (C=O) groups excluding carboxylic acids is 2. The lowest BCUT2D eigenvalue weighted by atomic mass is 10.1. The van der Waals surface area contributed by atoms with Crippen LogP contribution in [0.2, 0.25) is 0 Å². The van der Waals surface area contributed by atoms with Crippen molar-refractivity contribution in [1.82, 2.24) is 4.90 Å². The quantitative estimate of drug-likeness (QED) is 0.711. The summed E-state index contributed by atoms with van der Waals surface area (Å²) in [6.07, 6.45) is 3.49. The van der Waals surface area contributed by atoms with E-state index in [-0.39, 0.29) is 30.5 Å². The molecular formula is C18H17N3O7S. The van der Waals surface area contributed by atoms with Crippen molar-refractivity contribution in [2.45, 2.75) is 13.0 Å². The van der Waals surface area contributed by atoms with Crippen LogP contribution in [-0.2, 0) is 24.3 Å². The number of rotatable bonds is 4. The molecule has 1 aromatic carbocycles. The Balaban J connectivity index is 1.43. The Morgan fingerprint density at radius 2 is 2.07 bits per heavy atom. The number of ether oxygens (including phenoxy) is 3. The zero-order chi connectivity index (χ0) is 20.6. The first-order valence-electron chi connectivity index (χ1n) is 8.72. The maximum absolute atomic E-state index is 12.5. The molecule has 10 nitrogen and oxygen atoms in total. The highest BCUT2D eigenvalue weighted by Crippen LogP contribution is 2.34. The second-order valence-corrected chi connectivity index (χ2v) is 8.18. The third kappa shape index (κ3) is 3.94. The van der Waals surface area contributed by atoms with Crippen LogP contribution in [0.4, 0.5) is 5.69 Å². The molecule has 0 saturated carbocycles. The maximum atomic E-state index is 12.5. The van der Waals surface area contributed by atoms with Crippen molar-refractivity contribution in [2.24, 2.45) is 4.40 Å². The number of amidine groups is 1. The van der Waals surface area contributed by atoms with Gasteiger partial charge in [-0.15, -0.1) is 4.40 Å². The number of esters is 1. The summed E-state index contributed by atoms with van der Waals surface area (Å²) >= 11 is 0. The summed E-state index contributed by atoms with van der Waals surface area (Å²) in [6, 6.07) is 4.89. The van der Waals surface area contributed by atoms with Crippen LogP contribution in [0.3, 0.4) is 0 Å². The topological polar surface area (TPSA) is 124 Å². The van der Waals surface area contributed by atoms with Gasteiger partial charge in [-0.3, -0.25) is 4.79 Å². The molecule has 0 aliphatic carbocycles. The molecule has 1 aromatic rings. The Kier molecular flexibility index (Phi) is 4.74. The van der Waals surface area contributed by atoms with Gasteiger partial charge in [-0.05, 0) is 31.2 Å². The van der Waals surface area contributed by atoms with E-state index in [2.05, 4.69) is 9.71 Å². The normalized spacial score (nSPS) is 19.6. The lowest BCUT2D eigenvalue weighted by Crippen LogP contribution is -2.41. The number of hydrogen-bond acceptors (Lipinski definition) is 8. The van der Waals surface area contributed by atoms with Crippen LogP contribution in [0, 0.1) is 0 Å². The molecule has 3 aliphatic heterocycles. The van der Waals surface area contributed by atoms with Gasteiger partial charge in [0, 0.05) is 24.5 Å². The fraction of sp³-hybridized carbons (Fsp3) is 0.278. The summed E-state index contributed by atoms with van der Waals surface area (Å²) < 4.78 is 42.9. The van der Waals surface area contributed by atoms with Crippen LogP contribution in [0.1, 0.15) is 6.92 Å². The van der Waals surface area contributed by atoms with Gasteiger partial charge in [0.2, 0.25) is 6.79 Å². The first kappa shape index (κ1) is 19.0. The molecule has 0 bridgehead atoms. The molecule has 0 saturated heterocycles. The Morgan fingerprint density at radius 1 is 1.28 bits per heavy atom. The number of nitrogens with one attached hydrogen (secondary N) is 1. The Labute approximate surface area is 166 Å². The monoisotopic (exact) mass is 419 g/mol. The minimum Gasteiger partial charge on any atom is -0.454 e. The van der Waals surface area contributed by atoms with E-state index in [0.29, 0.717) is 17.2 Å². The fourth-order valence-corrected chi connectivity index (χ4v) is 3.86. The number of carbonyl (C=O) groups is 2. The van der Waals surface area contributed by atoms with E-state index in [0.717, 1.165) is 0 Å². The number of nitrogens with zero attached hydrogens (tertiary/aromatic N) is 2. The van der Waals surface area contributed by atoms with Gasteiger partial charge in [0.25, 0.3) is 15.9 Å². The highest BCUT2D eigenvalue weighted by molar-refractivity contribution is 7.90. The van der Waals surface area contributed by atoms with Gasteiger partial charge in [-0.2, -0.15) is 0 Å². The summed E-state index contributed by atoms with van der Waals surface area (Å²) in [6.45, 7) is 1.71. The minimum atomic E-state index is -3.65. The largest absolute Gasteiger partial charge is 0.454 e. The Hall–Kier alpha value is -3.34. The Morgan fingerprint density at radius 3 is 2.90 bits per heavy atom. The minimum absolute atomic E-state index is 0.00729. The zero-order valence-corrected chi connectivity index (χ0v) is 16.1. The molecule has 29 heavy (non-hydrogen) atoms. The van der Waals surface area contributed by atoms with E-state index < -0.39 is 28.0 Å². The fourth-order valence-electron chi connectivity index (χ4n) is 2.87. The summed E-state index contributed by atoms with van der Waals surface area (Å²) in [4.78, 5) is 26.5. The molecule has 0 unspecified atom stereocenters. The first-order chi connectivity index (χ1) is 13.8. The number of anilines is 1. The molecule has 1 atom stereocenters. The average molecular weight is 419 g/mol. The van der Waals surface area contributed by atoms with E-state index >= 15 is 0 Å². The van der Waals surface area contributed by atoms with E-state index in [9.17, 15) is 18.0 Å². The standard InChI is InChI=1S/C18H17N3O7S/c1-11(17(22)19-12-4-5-14-15(9-12)27-10-26-14)28-18(23)13-3-2-6-21-7-8-29(24,25)20-16(13)21/h2-6,9,11H,7-8,10H2,1H3,(H,19,22)/t11-/m1/s1. The van der Waals surface area contributed by atoms with Gasteiger partial charge in [0.05, 0.1) is 5.75 Å². The molecular weight excluding hydrogens is 402 g/mol. The predicted octanol–water partition coefficient (Wildman–Crippen LogP) is 0.783. The average Bonchev–Trinajstić information content (AvgIpc) is 3.14. The van der Waals surface area contributed by atoms with Crippen molar-refractivity contribution in [2.75, 3.05) is 24.4 Å². The molecule has 3 heterocycles. The van der Waals surface area contributed by atoms with Crippen LogP contribution in [0.5, 0.6) is 11.5 Å².